The Hall–Kier alpha value is -3.42. The van der Waals surface area contributed by atoms with Crippen molar-refractivity contribution in [3.05, 3.63) is 104 Å². The number of hydrogen-bond acceptors (Lipinski definition) is 4. The summed E-state index contributed by atoms with van der Waals surface area (Å²) in [6, 6.07) is 18.9. The third-order valence-electron chi connectivity index (χ3n) is 6.48. The molecule has 1 unspecified atom stereocenters. The standard InChI is InChI=1S/C28H32ClN5O2/c1-4-23(32(16-8-15-30)27(35)22-13-11-19(2)12-14-22)24-17-25-26(29)20(3)31-34(25)28(36)33(24)18-21-9-6-5-7-10-21/h5-7,9-14,17,23H,4,8,15-16,18,30H2,1-3H3. The maximum Gasteiger partial charge on any atom is 0.349 e. The summed E-state index contributed by atoms with van der Waals surface area (Å²) in [7, 11) is 0. The van der Waals surface area contributed by atoms with Gasteiger partial charge in [0.1, 0.15) is 0 Å². The van der Waals surface area contributed by atoms with Crippen molar-refractivity contribution in [1.82, 2.24) is 19.1 Å². The van der Waals surface area contributed by atoms with Crippen LogP contribution in [0.25, 0.3) is 5.52 Å². The number of amides is 1. The molecule has 0 radical (unpaired) electrons. The van der Waals surface area contributed by atoms with Gasteiger partial charge in [0.15, 0.2) is 0 Å². The van der Waals surface area contributed by atoms with Gasteiger partial charge in [-0.05, 0) is 57.0 Å². The summed E-state index contributed by atoms with van der Waals surface area (Å²) in [5.74, 6) is -0.0929. The first-order valence-electron chi connectivity index (χ1n) is 12.3. The van der Waals surface area contributed by atoms with E-state index in [1.807, 2.05) is 79.4 Å². The summed E-state index contributed by atoms with van der Waals surface area (Å²) in [4.78, 5) is 29.3. The molecule has 2 heterocycles. The maximum atomic E-state index is 13.8. The SMILES string of the molecule is CCC(c1cc2c(Cl)c(C)nn2c(=O)n1Cc1ccccc1)N(CCCN)C(=O)c1ccc(C)cc1. The third-order valence-corrected chi connectivity index (χ3v) is 6.95. The van der Waals surface area contributed by atoms with Crippen LogP contribution in [0.5, 0.6) is 0 Å². The number of carbonyl (C=O) groups excluding carboxylic acids is 1. The first-order valence-corrected chi connectivity index (χ1v) is 12.6. The van der Waals surface area contributed by atoms with Gasteiger partial charge in [0.05, 0.1) is 28.8 Å². The van der Waals surface area contributed by atoms with E-state index in [-0.39, 0.29) is 17.6 Å². The topological polar surface area (TPSA) is 85.6 Å². The summed E-state index contributed by atoms with van der Waals surface area (Å²) in [6.45, 7) is 7.07. The molecule has 4 aromatic rings. The number of hydrogen-bond donors (Lipinski definition) is 1. The Morgan fingerprint density at radius 2 is 1.81 bits per heavy atom. The van der Waals surface area contributed by atoms with Crippen LogP contribution < -0.4 is 11.4 Å². The highest BCUT2D eigenvalue weighted by atomic mass is 35.5. The molecule has 4 rings (SSSR count). The van der Waals surface area contributed by atoms with Gasteiger partial charge >= 0.3 is 5.69 Å². The highest BCUT2D eigenvalue weighted by Crippen LogP contribution is 2.30. The molecule has 2 aromatic carbocycles. The van der Waals surface area contributed by atoms with Crippen LogP contribution in [0.3, 0.4) is 0 Å². The average Bonchev–Trinajstić information content (AvgIpc) is 3.18. The number of benzene rings is 2. The Bertz CT molecular complexity index is 1410. The van der Waals surface area contributed by atoms with Crippen LogP contribution in [0.15, 0.2) is 65.5 Å². The minimum atomic E-state index is -0.363. The molecule has 36 heavy (non-hydrogen) atoms. The van der Waals surface area contributed by atoms with Crippen molar-refractivity contribution < 1.29 is 4.79 Å². The number of carbonyl (C=O) groups is 1. The molecule has 1 atom stereocenters. The van der Waals surface area contributed by atoms with E-state index in [1.54, 1.807) is 11.5 Å². The van der Waals surface area contributed by atoms with Crippen molar-refractivity contribution in [1.29, 1.82) is 0 Å². The van der Waals surface area contributed by atoms with Crippen molar-refractivity contribution in [2.45, 2.75) is 46.2 Å². The van der Waals surface area contributed by atoms with Crippen molar-refractivity contribution in [2.24, 2.45) is 5.73 Å². The predicted molar refractivity (Wildman–Crippen MR) is 144 cm³/mol. The molecule has 0 aliphatic rings. The molecular formula is C28H32ClN5O2. The monoisotopic (exact) mass is 505 g/mol. The van der Waals surface area contributed by atoms with Gasteiger partial charge in [0.2, 0.25) is 0 Å². The third kappa shape index (κ3) is 5.08. The van der Waals surface area contributed by atoms with Crippen molar-refractivity contribution >= 4 is 23.0 Å². The molecule has 0 saturated heterocycles. The molecule has 0 fully saturated rings. The van der Waals surface area contributed by atoms with E-state index in [0.29, 0.717) is 54.3 Å². The number of aryl methyl sites for hydroxylation is 2. The highest BCUT2D eigenvalue weighted by molar-refractivity contribution is 6.34. The molecule has 0 spiro atoms. The van der Waals surface area contributed by atoms with Gasteiger partial charge in [0, 0.05) is 17.8 Å². The minimum Gasteiger partial charge on any atom is -0.330 e. The Morgan fingerprint density at radius 1 is 1.11 bits per heavy atom. The van der Waals surface area contributed by atoms with E-state index in [4.69, 9.17) is 17.3 Å². The van der Waals surface area contributed by atoms with Crippen LogP contribution in [0, 0.1) is 13.8 Å². The molecule has 0 aliphatic carbocycles. The van der Waals surface area contributed by atoms with Crippen LogP contribution in [0.4, 0.5) is 0 Å². The van der Waals surface area contributed by atoms with E-state index >= 15 is 0 Å². The average molecular weight is 506 g/mol. The van der Waals surface area contributed by atoms with Crippen LogP contribution in [0.2, 0.25) is 5.02 Å². The number of nitrogens with zero attached hydrogens (tertiary/aromatic N) is 4. The number of aromatic nitrogens is 3. The lowest BCUT2D eigenvalue weighted by atomic mass is 10.0. The zero-order valence-electron chi connectivity index (χ0n) is 20.9. The van der Waals surface area contributed by atoms with Gasteiger partial charge in [-0.25, -0.2) is 4.79 Å². The molecule has 2 aromatic heterocycles. The second-order valence-electron chi connectivity index (χ2n) is 9.05. The fourth-order valence-electron chi connectivity index (χ4n) is 4.55. The van der Waals surface area contributed by atoms with Crippen molar-refractivity contribution in [3.63, 3.8) is 0 Å². The molecule has 188 valence electrons. The van der Waals surface area contributed by atoms with Gasteiger partial charge in [-0.2, -0.15) is 9.61 Å². The summed E-state index contributed by atoms with van der Waals surface area (Å²) < 4.78 is 3.06. The zero-order chi connectivity index (χ0) is 25.8. The van der Waals surface area contributed by atoms with Crippen LogP contribution >= 0.6 is 11.6 Å². The Balaban J connectivity index is 1.90. The smallest absolute Gasteiger partial charge is 0.330 e. The Kier molecular flexibility index (Phi) is 7.91. The van der Waals surface area contributed by atoms with Gasteiger partial charge in [-0.3, -0.25) is 9.36 Å². The lowest BCUT2D eigenvalue weighted by Crippen LogP contribution is -2.40. The minimum absolute atomic E-state index is 0.0929. The van der Waals surface area contributed by atoms with Gasteiger partial charge < -0.3 is 10.6 Å². The number of halogens is 1. The van der Waals surface area contributed by atoms with Crippen molar-refractivity contribution in [3.8, 4) is 0 Å². The Labute approximate surface area is 216 Å². The van der Waals surface area contributed by atoms with Crippen LogP contribution in [-0.4, -0.2) is 38.1 Å². The van der Waals surface area contributed by atoms with E-state index in [2.05, 4.69) is 5.10 Å². The molecule has 8 heteroatoms. The maximum absolute atomic E-state index is 13.8. The first kappa shape index (κ1) is 25.7. The molecule has 0 bridgehead atoms. The fraction of sp³-hybridized carbons (Fsp3) is 0.321. The largest absolute Gasteiger partial charge is 0.349 e. The van der Waals surface area contributed by atoms with Gasteiger partial charge in [0.25, 0.3) is 5.91 Å². The van der Waals surface area contributed by atoms with E-state index in [1.165, 1.54) is 4.52 Å². The molecular weight excluding hydrogens is 474 g/mol. The molecule has 0 aliphatic heterocycles. The lowest BCUT2D eigenvalue weighted by molar-refractivity contribution is 0.0660. The van der Waals surface area contributed by atoms with E-state index in [9.17, 15) is 9.59 Å². The second kappa shape index (κ2) is 11.1. The number of fused-ring (bicyclic) bond motifs is 1. The number of nitrogens with two attached hydrogens (primary N) is 1. The fourth-order valence-corrected chi connectivity index (χ4v) is 4.72. The molecule has 1 amide bonds. The normalized spacial score (nSPS) is 12.1. The predicted octanol–water partition coefficient (Wildman–Crippen LogP) is 4.76. The molecule has 7 nitrogen and oxygen atoms in total. The van der Waals surface area contributed by atoms with E-state index < -0.39 is 0 Å². The summed E-state index contributed by atoms with van der Waals surface area (Å²) in [5.41, 5.74) is 10.1. The summed E-state index contributed by atoms with van der Waals surface area (Å²) >= 11 is 6.55. The zero-order valence-corrected chi connectivity index (χ0v) is 21.7. The van der Waals surface area contributed by atoms with Gasteiger partial charge in [-0.15, -0.1) is 0 Å². The Morgan fingerprint density at radius 3 is 2.44 bits per heavy atom. The second-order valence-corrected chi connectivity index (χ2v) is 9.43. The first-order chi connectivity index (χ1) is 17.3. The molecule has 0 saturated carbocycles. The highest BCUT2D eigenvalue weighted by Gasteiger charge is 2.29. The lowest BCUT2D eigenvalue weighted by Gasteiger charge is -2.33. The van der Waals surface area contributed by atoms with Crippen molar-refractivity contribution in [2.75, 3.05) is 13.1 Å². The number of rotatable bonds is 9. The summed E-state index contributed by atoms with van der Waals surface area (Å²) in [5, 5.41) is 4.82. The quantitative estimate of drug-likeness (QED) is 0.355. The van der Waals surface area contributed by atoms with Crippen LogP contribution in [-0.2, 0) is 6.54 Å². The van der Waals surface area contributed by atoms with Gasteiger partial charge in [-0.1, -0.05) is 66.6 Å². The van der Waals surface area contributed by atoms with E-state index in [0.717, 1.165) is 16.8 Å². The summed E-state index contributed by atoms with van der Waals surface area (Å²) in [6.07, 6.45) is 1.25. The molecule has 2 N–H and O–H groups in total. The van der Waals surface area contributed by atoms with Crippen LogP contribution in [0.1, 0.15) is 58.7 Å².